The van der Waals surface area contributed by atoms with E-state index in [4.69, 9.17) is 11.6 Å². The van der Waals surface area contributed by atoms with Crippen LogP contribution in [-0.4, -0.2) is 20.9 Å². The van der Waals surface area contributed by atoms with Crippen molar-refractivity contribution in [3.63, 3.8) is 0 Å². The Bertz CT molecular complexity index is 880. The fourth-order valence-corrected chi connectivity index (χ4v) is 2.88. The first-order chi connectivity index (χ1) is 11.5. The third-order valence-corrected chi connectivity index (χ3v) is 3.95. The van der Waals surface area contributed by atoms with E-state index in [1.165, 1.54) is 4.80 Å². The molecule has 24 heavy (non-hydrogen) atoms. The molecule has 0 fully saturated rings. The van der Waals surface area contributed by atoms with E-state index in [1.807, 2.05) is 56.3 Å². The van der Waals surface area contributed by atoms with Crippen LogP contribution in [0, 0.1) is 20.8 Å². The average molecular weight is 341 g/mol. The summed E-state index contributed by atoms with van der Waals surface area (Å²) in [4.78, 5) is 14.0. The fourth-order valence-electron chi connectivity index (χ4n) is 2.51. The molecule has 0 aliphatic carbocycles. The smallest absolute Gasteiger partial charge is 0.278 e. The molecular weight excluding hydrogens is 324 g/mol. The van der Waals surface area contributed by atoms with Gasteiger partial charge in [-0.15, -0.1) is 5.10 Å². The maximum atomic E-state index is 12.6. The molecule has 3 rings (SSSR count). The van der Waals surface area contributed by atoms with Gasteiger partial charge in [-0.2, -0.15) is 9.90 Å². The number of carbonyl (C=O) groups is 1. The van der Waals surface area contributed by atoms with E-state index in [9.17, 15) is 4.79 Å². The van der Waals surface area contributed by atoms with E-state index in [2.05, 4.69) is 15.5 Å². The molecule has 6 heteroatoms. The van der Waals surface area contributed by atoms with E-state index < -0.39 is 0 Å². The third-order valence-electron chi connectivity index (χ3n) is 3.65. The van der Waals surface area contributed by atoms with Crippen LogP contribution in [0.25, 0.3) is 5.69 Å². The normalized spacial score (nSPS) is 10.7. The molecule has 0 radical (unpaired) electrons. The number of nitrogens with zero attached hydrogens (tertiary/aromatic N) is 3. The highest BCUT2D eigenvalue weighted by molar-refractivity contribution is 6.34. The number of halogens is 1. The molecule has 0 spiro atoms. The van der Waals surface area contributed by atoms with Gasteiger partial charge in [0.05, 0.1) is 22.1 Å². The third kappa shape index (κ3) is 3.16. The van der Waals surface area contributed by atoms with Gasteiger partial charge in [0.1, 0.15) is 0 Å². The number of rotatable bonds is 3. The molecule has 1 N–H and O–H groups in total. The van der Waals surface area contributed by atoms with E-state index in [0.29, 0.717) is 16.4 Å². The van der Waals surface area contributed by atoms with Crippen molar-refractivity contribution < 1.29 is 4.79 Å². The topological polar surface area (TPSA) is 59.8 Å². The minimum Gasteiger partial charge on any atom is -0.319 e. The lowest BCUT2D eigenvalue weighted by atomic mass is 10.1. The van der Waals surface area contributed by atoms with Crippen molar-refractivity contribution in [2.24, 2.45) is 0 Å². The molecule has 0 unspecified atom stereocenters. The molecule has 2 aromatic carbocycles. The lowest BCUT2D eigenvalue weighted by molar-refractivity contribution is 0.102. The number of anilines is 1. The van der Waals surface area contributed by atoms with Crippen LogP contribution in [0.15, 0.2) is 42.5 Å². The van der Waals surface area contributed by atoms with Crippen LogP contribution < -0.4 is 5.32 Å². The van der Waals surface area contributed by atoms with Gasteiger partial charge in [0.15, 0.2) is 5.69 Å². The van der Waals surface area contributed by atoms with Crippen molar-refractivity contribution >= 4 is 23.2 Å². The van der Waals surface area contributed by atoms with Crippen LogP contribution >= 0.6 is 11.6 Å². The number of aryl methyl sites for hydroxylation is 3. The zero-order valence-corrected chi connectivity index (χ0v) is 14.4. The molecule has 3 aromatic rings. The van der Waals surface area contributed by atoms with Crippen LogP contribution in [0.3, 0.4) is 0 Å². The lowest BCUT2D eigenvalue weighted by Gasteiger charge is -2.10. The van der Waals surface area contributed by atoms with Gasteiger partial charge in [0.2, 0.25) is 0 Å². The van der Waals surface area contributed by atoms with Crippen LogP contribution in [0.1, 0.15) is 27.3 Å². The van der Waals surface area contributed by atoms with Gasteiger partial charge in [-0.1, -0.05) is 35.9 Å². The van der Waals surface area contributed by atoms with Crippen molar-refractivity contribution in [1.82, 2.24) is 15.0 Å². The van der Waals surface area contributed by atoms with E-state index in [1.54, 1.807) is 6.92 Å². The summed E-state index contributed by atoms with van der Waals surface area (Å²) in [6.45, 7) is 5.62. The summed E-state index contributed by atoms with van der Waals surface area (Å²) < 4.78 is 0. The maximum Gasteiger partial charge on any atom is 0.278 e. The Hall–Kier alpha value is -2.66. The molecule has 1 amide bonds. The Kier molecular flexibility index (Phi) is 4.36. The first-order valence-electron chi connectivity index (χ1n) is 7.53. The minimum absolute atomic E-state index is 0.273. The van der Waals surface area contributed by atoms with Gasteiger partial charge in [-0.3, -0.25) is 4.79 Å². The molecule has 0 saturated carbocycles. The van der Waals surface area contributed by atoms with Crippen molar-refractivity contribution in [2.75, 3.05) is 5.32 Å². The summed E-state index contributed by atoms with van der Waals surface area (Å²) >= 11 is 6.25. The zero-order valence-electron chi connectivity index (χ0n) is 13.7. The quantitative estimate of drug-likeness (QED) is 0.781. The molecule has 0 atom stereocenters. The standard InChI is InChI=1S/C18H17ClN4O/c1-11-9-12(2)16(15(19)10-11)20-18(24)17-13(3)21-23(22-17)14-7-5-4-6-8-14/h4-10H,1-3H3,(H,20,24). The molecule has 5 nitrogen and oxygen atoms in total. The highest BCUT2D eigenvalue weighted by Crippen LogP contribution is 2.27. The number of amides is 1. The largest absolute Gasteiger partial charge is 0.319 e. The molecule has 0 aliphatic heterocycles. The second-order valence-corrected chi connectivity index (χ2v) is 6.06. The van der Waals surface area contributed by atoms with E-state index in [-0.39, 0.29) is 11.6 Å². The summed E-state index contributed by atoms with van der Waals surface area (Å²) in [5, 5.41) is 12.0. The second kappa shape index (κ2) is 6.45. The Morgan fingerprint density at radius 2 is 1.79 bits per heavy atom. The molecule has 122 valence electrons. The number of carbonyl (C=O) groups excluding carboxylic acids is 1. The highest BCUT2D eigenvalue weighted by Gasteiger charge is 2.18. The second-order valence-electron chi connectivity index (χ2n) is 5.65. The van der Waals surface area contributed by atoms with E-state index in [0.717, 1.165) is 16.8 Å². The predicted molar refractivity (Wildman–Crippen MR) is 95.0 cm³/mol. The summed E-state index contributed by atoms with van der Waals surface area (Å²) in [5.74, 6) is -0.330. The van der Waals surface area contributed by atoms with Crippen molar-refractivity contribution in [3.05, 3.63) is 70.0 Å². The average Bonchev–Trinajstić information content (AvgIpc) is 2.93. The van der Waals surface area contributed by atoms with Crippen LogP contribution in [-0.2, 0) is 0 Å². The number of hydrogen-bond donors (Lipinski definition) is 1. The Morgan fingerprint density at radius 1 is 1.08 bits per heavy atom. The fraction of sp³-hybridized carbons (Fsp3) is 0.167. The highest BCUT2D eigenvalue weighted by atomic mass is 35.5. The van der Waals surface area contributed by atoms with Crippen molar-refractivity contribution in [1.29, 1.82) is 0 Å². The van der Waals surface area contributed by atoms with Gasteiger partial charge in [0, 0.05) is 0 Å². The monoisotopic (exact) mass is 340 g/mol. The molecule has 1 aromatic heterocycles. The summed E-state index contributed by atoms with van der Waals surface area (Å²) in [6, 6.07) is 13.2. The number of nitrogens with one attached hydrogen (secondary N) is 1. The molecule has 0 saturated heterocycles. The van der Waals surface area contributed by atoms with Crippen molar-refractivity contribution in [3.8, 4) is 5.69 Å². The Labute approximate surface area is 145 Å². The Morgan fingerprint density at radius 3 is 2.46 bits per heavy atom. The maximum absolute atomic E-state index is 12.6. The number of aromatic nitrogens is 3. The molecular formula is C18H17ClN4O. The lowest BCUT2D eigenvalue weighted by Crippen LogP contribution is -2.15. The molecule has 1 heterocycles. The van der Waals surface area contributed by atoms with Crippen LogP contribution in [0.5, 0.6) is 0 Å². The molecule has 0 aliphatic rings. The van der Waals surface area contributed by atoms with Gasteiger partial charge >= 0.3 is 0 Å². The number of hydrogen-bond acceptors (Lipinski definition) is 3. The van der Waals surface area contributed by atoms with Gasteiger partial charge in [0.25, 0.3) is 5.91 Å². The van der Waals surface area contributed by atoms with Crippen molar-refractivity contribution in [2.45, 2.75) is 20.8 Å². The van der Waals surface area contributed by atoms with Gasteiger partial charge < -0.3 is 5.32 Å². The van der Waals surface area contributed by atoms with E-state index >= 15 is 0 Å². The first-order valence-corrected chi connectivity index (χ1v) is 7.91. The zero-order chi connectivity index (χ0) is 17.3. The SMILES string of the molecule is Cc1cc(C)c(NC(=O)c2nn(-c3ccccc3)nc2C)c(Cl)c1. The summed E-state index contributed by atoms with van der Waals surface area (Å²) in [6.07, 6.45) is 0. The summed E-state index contributed by atoms with van der Waals surface area (Å²) in [5.41, 5.74) is 4.17. The predicted octanol–water partition coefficient (Wildman–Crippen LogP) is 4.10. The summed E-state index contributed by atoms with van der Waals surface area (Å²) in [7, 11) is 0. The number of benzene rings is 2. The molecule has 0 bridgehead atoms. The van der Waals surface area contributed by atoms with Crippen LogP contribution in [0.4, 0.5) is 5.69 Å². The number of para-hydroxylation sites is 1. The van der Waals surface area contributed by atoms with Gasteiger partial charge in [-0.25, -0.2) is 0 Å². The first kappa shape index (κ1) is 16.2. The Balaban J connectivity index is 1.90. The van der Waals surface area contributed by atoms with Gasteiger partial charge in [-0.05, 0) is 50.1 Å². The minimum atomic E-state index is -0.330. The van der Waals surface area contributed by atoms with Crippen LogP contribution in [0.2, 0.25) is 5.02 Å².